The lowest BCUT2D eigenvalue weighted by atomic mass is 10.1. The quantitative estimate of drug-likeness (QED) is 0.582. The molecule has 7 nitrogen and oxygen atoms in total. The molecule has 31 heavy (non-hydrogen) atoms. The number of hydrogen-bond acceptors (Lipinski definition) is 4. The van der Waals surface area contributed by atoms with Crippen LogP contribution in [0.4, 0.5) is 10.5 Å². The van der Waals surface area contributed by atoms with Gasteiger partial charge in [-0.1, -0.05) is 42.5 Å². The lowest BCUT2D eigenvalue weighted by Gasteiger charge is -2.35. The molecule has 1 aliphatic rings. The zero-order valence-corrected chi connectivity index (χ0v) is 18.9. The van der Waals surface area contributed by atoms with Gasteiger partial charge in [-0.05, 0) is 43.0 Å². The van der Waals surface area contributed by atoms with Crippen molar-refractivity contribution in [2.24, 2.45) is 0 Å². The molecule has 0 saturated carbocycles. The van der Waals surface area contributed by atoms with Crippen LogP contribution < -0.4 is 15.5 Å². The fourth-order valence-electron chi connectivity index (χ4n) is 3.67. The highest BCUT2D eigenvalue weighted by molar-refractivity contribution is 7.89. The summed E-state index contributed by atoms with van der Waals surface area (Å²) in [6.45, 7) is 4.95. The largest absolute Gasteiger partial charge is 0.369 e. The summed E-state index contributed by atoms with van der Waals surface area (Å²) >= 11 is 0. The SMILES string of the molecule is Cc1cccc(N2CCN(S(=O)(=O)CCNC(=O)NCCCc3ccccc3)CC2)c1. The van der Waals surface area contributed by atoms with Gasteiger partial charge in [0, 0.05) is 45.0 Å². The second-order valence-electron chi connectivity index (χ2n) is 7.81. The van der Waals surface area contributed by atoms with Crippen LogP contribution in [-0.2, 0) is 16.4 Å². The summed E-state index contributed by atoms with van der Waals surface area (Å²) in [4.78, 5) is 14.1. The molecule has 8 heteroatoms. The molecule has 0 unspecified atom stereocenters. The molecule has 0 atom stereocenters. The molecule has 2 aromatic rings. The summed E-state index contributed by atoms with van der Waals surface area (Å²) < 4.78 is 26.8. The van der Waals surface area contributed by atoms with Crippen molar-refractivity contribution in [3.63, 3.8) is 0 Å². The second-order valence-corrected chi connectivity index (χ2v) is 9.90. The minimum absolute atomic E-state index is 0.0884. The Morgan fingerprint density at radius 3 is 2.35 bits per heavy atom. The first-order chi connectivity index (χ1) is 14.9. The molecule has 0 aliphatic carbocycles. The fourth-order valence-corrected chi connectivity index (χ4v) is 5.01. The zero-order chi connectivity index (χ0) is 22.1. The molecule has 0 aromatic heterocycles. The Bertz CT molecular complexity index is 942. The van der Waals surface area contributed by atoms with E-state index in [-0.39, 0.29) is 18.3 Å². The molecule has 1 heterocycles. The number of amides is 2. The number of sulfonamides is 1. The number of rotatable bonds is 9. The van der Waals surface area contributed by atoms with Crippen molar-refractivity contribution in [3.05, 3.63) is 65.7 Å². The molecular formula is C23H32N4O3S. The van der Waals surface area contributed by atoms with Crippen LogP contribution in [0, 0.1) is 6.92 Å². The van der Waals surface area contributed by atoms with E-state index in [0.29, 0.717) is 32.7 Å². The van der Waals surface area contributed by atoms with Gasteiger partial charge in [0.25, 0.3) is 0 Å². The van der Waals surface area contributed by atoms with Crippen LogP contribution in [0.3, 0.4) is 0 Å². The Morgan fingerprint density at radius 2 is 1.65 bits per heavy atom. The number of hydrogen-bond donors (Lipinski definition) is 2. The maximum absolute atomic E-state index is 12.6. The normalized spacial score (nSPS) is 14.9. The van der Waals surface area contributed by atoms with Gasteiger partial charge in [0.1, 0.15) is 0 Å². The fraction of sp³-hybridized carbons (Fsp3) is 0.435. The third-order valence-corrected chi connectivity index (χ3v) is 7.29. The van der Waals surface area contributed by atoms with Crippen LogP contribution in [0.5, 0.6) is 0 Å². The van der Waals surface area contributed by atoms with Crippen LogP contribution in [0.1, 0.15) is 17.5 Å². The molecule has 1 aliphatic heterocycles. The van der Waals surface area contributed by atoms with Crippen LogP contribution in [0.2, 0.25) is 0 Å². The minimum atomic E-state index is -3.39. The number of anilines is 1. The highest BCUT2D eigenvalue weighted by atomic mass is 32.2. The summed E-state index contributed by atoms with van der Waals surface area (Å²) in [5, 5.41) is 5.43. The molecule has 0 radical (unpaired) electrons. The Balaban J connectivity index is 1.33. The van der Waals surface area contributed by atoms with E-state index in [2.05, 4.69) is 52.8 Å². The number of carbonyl (C=O) groups excluding carboxylic acids is 1. The number of benzene rings is 2. The predicted molar refractivity (Wildman–Crippen MR) is 125 cm³/mol. The van der Waals surface area contributed by atoms with E-state index < -0.39 is 10.0 Å². The van der Waals surface area contributed by atoms with Gasteiger partial charge in [0.05, 0.1) is 5.75 Å². The van der Waals surface area contributed by atoms with Crippen molar-refractivity contribution in [2.75, 3.05) is 49.9 Å². The molecule has 0 spiro atoms. The van der Waals surface area contributed by atoms with E-state index in [4.69, 9.17) is 0 Å². The molecule has 3 rings (SSSR count). The standard InChI is InChI=1S/C23H32N4O3S/c1-20-7-5-11-22(19-20)26-14-16-27(17-15-26)31(29,30)18-13-25-23(28)24-12-6-10-21-8-3-2-4-9-21/h2-5,7-9,11,19H,6,10,12-18H2,1H3,(H2,24,25,28). The zero-order valence-electron chi connectivity index (χ0n) is 18.1. The first-order valence-corrected chi connectivity index (χ1v) is 12.4. The van der Waals surface area contributed by atoms with Crippen LogP contribution in [0.15, 0.2) is 54.6 Å². The van der Waals surface area contributed by atoms with Crippen LogP contribution in [0.25, 0.3) is 0 Å². The first kappa shape index (κ1) is 23.1. The Labute approximate surface area is 185 Å². The Hall–Kier alpha value is -2.58. The average Bonchev–Trinajstić information content (AvgIpc) is 2.77. The maximum Gasteiger partial charge on any atom is 0.314 e. The molecule has 2 N–H and O–H groups in total. The Morgan fingerprint density at radius 1 is 0.935 bits per heavy atom. The lowest BCUT2D eigenvalue weighted by Crippen LogP contribution is -2.50. The van der Waals surface area contributed by atoms with Gasteiger partial charge in [-0.25, -0.2) is 13.2 Å². The van der Waals surface area contributed by atoms with E-state index in [9.17, 15) is 13.2 Å². The Kier molecular flexibility index (Phi) is 8.31. The lowest BCUT2D eigenvalue weighted by molar-refractivity contribution is 0.241. The summed E-state index contributed by atoms with van der Waals surface area (Å²) in [5.74, 6) is -0.0884. The van der Waals surface area contributed by atoms with E-state index >= 15 is 0 Å². The number of piperazine rings is 1. The van der Waals surface area contributed by atoms with Crippen molar-refractivity contribution >= 4 is 21.7 Å². The maximum atomic E-state index is 12.6. The summed E-state index contributed by atoms with van der Waals surface area (Å²) in [7, 11) is -3.39. The molecule has 2 aromatic carbocycles. The van der Waals surface area contributed by atoms with Gasteiger partial charge in [0.15, 0.2) is 0 Å². The summed E-state index contributed by atoms with van der Waals surface area (Å²) in [6, 6.07) is 18.0. The van der Waals surface area contributed by atoms with Crippen molar-refractivity contribution in [1.82, 2.24) is 14.9 Å². The van der Waals surface area contributed by atoms with E-state index in [0.717, 1.165) is 18.5 Å². The number of nitrogens with one attached hydrogen (secondary N) is 2. The summed E-state index contributed by atoms with van der Waals surface area (Å²) in [6.07, 6.45) is 1.73. The molecule has 0 bridgehead atoms. The third-order valence-electron chi connectivity index (χ3n) is 5.42. The van der Waals surface area contributed by atoms with Crippen molar-refractivity contribution < 1.29 is 13.2 Å². The monoisotopic (exact) mass is 444 g/mol. The van der Waals surface area contributed by atoms with Crippen LogP contribution in [-0.4, -0.2) is 63.8 Å². The van der Waals surface area contributed by atoms with Crippen molar-refractivity contribution in [1.29, 1.82) is 0 Å². The van der Waals surface area contributed by atoms with Crippen molar-refractivity contribution in [3.8, 4) is 0 Å². The smallest absolute Gasteiger partial charge is 0.314 e. The van der Waals surface area contributed by atoms with Gasteiger partial charge < -0.3 is 15.5 Å². The van der Waals surface area contributed by atoms with Gasteiger partial charge in [-0.2, -0.15) is 4.31 Å². The second kappa shape index (κ2) is 11.2. The molecule has 1 saturated heterocycles. The number of carbonyl (C=O) groups is 1. The third kappa shape index (κ3) is 7.25. The molecule has 1 fully saturated rings. The van der Waals surface area contributed by atoms with E-state index in [1.165, 1.54) is 15.4 Å². The molecule has 168 valence electrons. The first-order valence-electron chi connectivity index (χ1n) is 10.8. The van der Waals surface area contributed by atoms with Gasteiger partial charge in [-0.15, -0.1) is 0 Å². The molecular weight excluding hydrogens is 412 g/mol. The van der Waals surface area contributed by atoms with Crippen molar-refractivity contribution in [2.45, 2.75) is 19.8 Å². The summed E-state index contributed by atoms with van der Waals surface area (Å²) in [5.41, 5.74) is 3.55. The molecule has 2 amide bonds. The number of aryl methyl sites for hydroxylation is 2. The van der Waals surface area contributed by atoms with Crippen LogP contribution >= 0.6 is 0 Å². The number of urea groups is 1. The van der Waals surface area contributed by atoms with Gasteiger partial charge >= 0.3 is 6.03 Å². The predicted octanol–water partition coefficient (Wildman–Crippen LogP) is 2.38. The minimum Gasteiger partial charge on any atom is -0.369 e. The van der Waals surface area contributed by atoms with Gasteiger partial charge in [-0.3, -0.25) is 0 Å². The number of nitrogens with zero attached hydrogens (tertiary/aromatic N) is 2. The average molecular weight is 445 g/mol. The van der Waals surface area contributed by atoms with E-state index in [1.54, 1.807) is 0 Å². The van der Waals surface area contributed by atoms with Gasteiger partial charge in [0.2, 0.25) is 10.0 Å². The highest BCUT2D eigenvalue weighted by Gasteiger charge is 2.26. The van der Waals surface area contributed by atoms with E-state index in [1.807, 2.05) is 24.3 Å². The highest BCUT2D eigenvalue weighted by Crippen LogP contribution is 2.18. The topological polar surface area (TPSA) is 81.8 Å².